The molecule has 2 N–H and O–H groups in total. The number of primary amides is 1. The highest BCUT2D eigenvalue weighted by molar-refractivity contribution is 5.75. The molecule has 0 aromatic heterocycles. The Balaban J connectivity index is 4.92. The van der Waals surface area contributed by atoms with Crippen LogP contribution in [0.2, 0.25) is 0 Å². The number of nitrogens with zero attached hydrogens (tertiary/aromatic N) is 4. The van der Waals surface area contributed by atoms with Gasteiger partial charge < -0.3 is 10.5 Å². The highest BCUT2D eigenvalue weighted by Crippen LogP contribution is 2.23. The zero-order valence-electron chi connectivity index (χ0n) is 12.0. The lowest BCUT2D eigenvalue weighted by Gasteiger charge is -2.18. The Morgan fingerprint density at radius 2 is 1.45 bits per heavy atom. The van der Waals surface area contributed by atoms with Crippen molar-refractivity contribution in [1.82, 2.24) is 0 Å². The summed E-state index contributed by atoms with van der Waals surface area (Å²) in [7, 11) is 0. The van der Waals surface area contributed by atoms with Crippen LogP contribution in [0.5, 0.6) is 0 Å². The smallest absolute Gasteiger partial charge is 0.217 e. The van der Waals surface area contributed by atoms with Crippen LogP contribution in [-0.4, -0.2) is 22.8 Å². The maximum absolute atomic E-state index is 11.0. The Labute approximate surface area is 118 Å². The second-order valence-corrected chi connectivity index (χ2v) is 5.14. The number of amides is 1. The first-order chi connectivity index (χ1) is 9.16. The predicted molar refractivity (Wildman–Crippen MR) is 71.2 cm³/mol. The van der Waals surface area contributed by atoms with Crippen molar-refractivity contribution in [2.75, 3.05) is 0 Å². The lowest BCUT2D eigenvalue weighted by atomic mass is 9.97. The molecule has 0 spiro atoms. The number of hydrogen-bond donors (Lipinski definition) is 1. The second kappa shape index (κ2) is 7.34. The van der Waals surface area contributed by atoms with Crippen LogP contribution >= 0.6 is 0 Å². The molecule has 0 aromatic carbocycles. The van der Waals surface area contributed by atoms with Gasteiger partial charge in [0.05, 0.1) is 12.1 Å². The van der Waals surface area contributed by atoms with E-state index < -0.39 is 17.0 Å². The minimum atomic E-state index is -1.20. The topological polar surface area (TPSA) is 132 Å². The molecule has 0 fully saturated rings. The quantitative estimate of drug-likeness (QED) is 0.675. The highest BCUT2D eigenvalue weighted by Gasteiger charge is 2.28. The van der Waals surface area contributed by atoms with Gasteiger partial charge in [-0.25, -0.2) is 0 Å². The molecule has 0 aromatic rings. The summed E-state index contributed by atoms with van der Waals surface area (Å²) in [4.78, 5) is 21.7. The van der Waals surface area contributed by atoms with E-state index in [1.807, 2.05) is 12.1 Å². The van der Waals surface area contributed by atoms with E-state index in [0.717, 1.165) is 0 Å². The van der Waals surface area contributed by atoms with Crippen LogP contribution in [0, 0.1) is 22.7 Å². The number of carbonyl (C=O) groups is 2. The van der Waals surface area contributed by atoms with Crippen molar-refractivity contribution >= 4 is 11.7 Å². The molecule has 108 valence electrons. The maximum Gasteiger partial charge on any atom is 0.217 e. The molecular weight excluding hydrogens is 258 g/mol. The summed E-state index contributed by atoms with van der Waals surface area (Å²) in [5.41, 5.74) is 2.67. The first-order valence-electron chi connectivity index (χ1n) is 6.21. The molecular formula is C13H19N5O2. The van der Waals surface area contributed by atoms with Crippen molar-refractivity contribution in [3.8, 4) is 12.1 Å². The molecule has 2 unspecified atom stereocenters. The Hall–Kier alpha value is -2.28. The second-order valence-electron chi connectivity index (χ2n) is 5.14. The molecule has 0 saturated carbocycles. The molecule has 1 amide bonds. The van der Waals surface area contributed by atoms with Gasteiger partial charge in [-0.15, -0.1) is 0 Å². The van der Waals surface area contributed by atoms with Gasteiger partial charge in [0, 0.05) is 12.8 Å². The average molecular weight is 277 g/mol. The van der Waals surface area contributed by atoms with Gasteiger partial charge in [0.2, 0.25) is 5.91 Å². The molecule has 0 aliphatic carbocycles. The lowest BCUT2D eigenvalue weighted by molar-refractivity contribution is -0.118. The fourth-order valence-electron chi connectivity index (χ4n) is 1.26. The molecule has 0 saturated heterocycles. The van der Waals surface area contributed by atoms with Crippen LogP contribution in [0.1, 0.15) is 46.5 Å². The molecule has 7 nitrogen and oxygen atoms in total. The third kappa shape index (κ3) is 6.60. The molecule has 0 bridgehead atoms. The van der Waals surface area contributed by atoms with Gasteiger partial charge in [0.25, 0.3) is 0 Å². The third-order valence-corrected chi connectivity index (χ3v) is 2.80. The number of rotatable bonds is 8. The number of nitrogens with two attached hydrogens (primary N) is 1. The van der Waals surface area contributed by atoms with Gasteiger partial charge in [0.15, 0.2) is 11.1 Å². The average Bonchev–Trinajstić information content (AvgIpc) is 2.41. The SMILES string of the molecule is CC(=O)CCC(C)(C#N)/N=N/C(C)(C#N)CCC(N)=O. The van der Waals surface area contributed by atoms with Crippen LogP contribution in [0.15, 0.2) is 10.2 Å². The van der Waals surface area contributed by atoms with Crippen molar-refractivity contribution in [1.29, 1.82) is 10.5 Å². The van der Waals surface area contributed by atoms with Crippen LogP contribution in [0.3, 0.4) is 0 Å². The zero-order chi connectivity index (χ0) is 15.8. The Morgan fingerprint density at radius 3 is 1.75 bits per heavy atom. The number of hydrogen-bond acceptors (Lipinski definition) is 6. The van der Waals surface area contributed by atoms with Crippen LogP contribution in [0.25, 0.3) is 0 Å². The summed E-state index contributed by atoms with van der Waals surface area (Å²) in [5.74, 6) is -0.570. The summed E-state index contributed by atoms with van der Waals surface area (Å²) in [6, 6.07) is 3.93. The van der Waals surface area contributed by atoms with Gasteiger partial charge >= 0.3 is 0 Å². The van der Waals surface area contributed by atoms with E-state index in [1.165, 1.54) is 13.8 Å². The summed E-state index contributed by atoms with van der Waals surface area (Å²) in [5, 5.41) is 26.0. The molecule has 0 radical (unpaired) electrons. The summed E-state index contributed by atoms with van der Waals surface area (Å²) in [6.07, 6.45) is 0.601. The van der Waals surface area contributed by atoms with Crippen LogP contribution in [-0.2, 0) is 9.59 Å². The summed E-state index contributed by atoms with van der Waals surface area (Å²) in [6.45, 7) is 4.49. The molecule has 20 heavy (non-hydrogen) atoms. The maximum atomic E-state index is 11.0. The van der Waals surface area contributed by atoms with Gasteiger partial charge in [-0.2, -0.15) is 20.8 Å². The molecule has 7 heteroatoms. The fraction of sp³-hybridized carbons (Fsp3) is 0.692. The van der Waals surface area contributed by atoms with E-state index in [1.54, 1.807) is 6.92 Å². The van der Waals surface area contributed by atoms with E-state index in [9.17, 15) is 9.59 Å². The molecule has 0 heterocycles. The van der Waals surface area contributed by atoms with Gasteiger partial charge in [-0.05, 0) is 33.6 Å². The summed E-state index contributed by atoms with van der Waals surface area (Å²) < 4.78 is 0. The lowest BCUT2D eigenvalue weighted by Crippen LogP contribution is -2.26. The van der Waals surface area contributed by atoms with E-state index in [0.29, 0.717) is 0 Å². The van der Waals surface area contributed by atoms with Gasteiger partial charge in [0.1, 0.15) is 5.78 Å². The van der Waals surface area contributed by atoms with E-state index in [4.69, 9.17) is 16.3 Å². The largest absolute Gasteiger partial charge is 0.370 e. The molecule has 0 aliphatic rings. The molecule has 0 aliphatic heterocycles. The molecule has 2 atom stereocenters. The zero-order valence-corrected chi connectivity index (χ0v) is 12.0. The first-order valence-corrected chi connectivity index (χ1v) is 6.21. The standard InChI is InChI=1S/C13H19N5O2/c1-10(19)4-6-12(2,8-14)17-18-13(3,9-15)7-5-11(16)20/h4-7H2,1-3H3,(H2,16,20)/b18-17+. The number of Topliss-reactive ketones (excluding diaryl/α,β-unsaturated/α-hetero) is 1. The monoisotopic (exact) mass is 277 g/mol. The van der Waals surface area contributed by atoms with Gasteiger partial charge in [-0.1, -0.05) is 0 Å². The summed E-state index contributed by atoms with van der Waals surface area (Å²) >= 11 is 0. The van der Waals surface area contributed by atoms with E-state index in [2.05, 4.69) is 10.2 Å². The number of ketones is 1. The highest BCUT2D eigenvalue weighted by atomic mass is 16.1. The predicted octanol–water partition coefficient (Wildman–Crippen LogP) is 1.64. The van der Waals surface area contributed by atoms with E-state index >= 15 is 0 Å². The van der Waals surface area contributed by atoms with Gasteiger partial charge in [-0.3, -0.25) is 4.79 Å². The Morgan fingerprint density at radius 1 is 1.05 bits per heavy atom. The molecule has 0 rings (SSSR count). The number of carbonyl (C=O) groups excluding carboxylic acids is 2. The third-order valence-electron chi connectivity index (χ3n) is 2.80. The van der Waals surface area contributed by atoms with Crippen molar-refractivity contribution in [2.24, 2.45) is 16.0 Å². The van der Waals surface area contributed by atoms with Crippen molar-refractivity contribution in [3.63, 3.8) is 0 Å². The Bertz CT molecular complexity index is 444. The first kappa shape index (κ1) is 17.7. The number of azo groups is 1. The normalized spacial score (nSPS) is 16.6. The van der Waals surface area contributed by atoms with Crippen LogP contribution < -0.4 is 5.73 Å². The minimum absolute atomic E-state index is 0.0137. The number of nitriles is 2. The van der Waals surface area contributed by atoms with Crippen molar-refractivity contribution in [2.45, 2.75) is 57.5 Å². The van der Waals surface area contributed by atoms with Crippen molar-refractivity contribution < 1.29 is 9.59 Å². The Kier molecular flexibility index (Phi) is 6.51. The van der Waals surface area contributed by atoms with Crippen LogP contribution in [0.4, 0.5) is 0 Å². The fourth-order valence-corrected chi connectivity index (χ4v) is 1.26. The van der Waals surface area contributed by atoms with E-state index in [-0.39, 0.29) is 31.5 Å². The minimum Gasteiger partial charge on any atom is -0.370 e. The van der Waals surface area contributed by atoms with Crippen molar-refractivity contribution in [3.05, 3.63) is 0 Å².